The molecule has 1 atom stereocenters. The summed E-state index contributed by atoms with van der Waals surface area (Å²) < 4.78 is 0. The van der Waals surface area contributed by atoms with Crippen molar-refractivity contribution >= 4 is 5.97 Å². The number of rotatable bonds is 3. The van der Waals surface area contributed by atoms with E-state index >= 15 is 0 Å². The summed E-state index contributed by atoms with van der Waals surface area (Å²) >= 11 is 0. The van der Waals surface area contributed by atoms with E-state index in [1.54, 1.807) is 0 Å². The summed E-state index contributed by atoms with van der Waals surface area (Å²) in [6.45, 7) is 0. The van der Waals surface area contributed by atoms with Gasteiger partial charge in [-0.2, -0.15) is 0 Å². The molecular formula is C6H8CsN3O2. The third-order valence-electron chi connectivity index (χ3n) is 1.30. The van der Waals surface area contributed by atoms with E-state index in [1.807, 2.05) is 0 Å². The van der Waals surface area contributed by atoms with Crippen LogP contribution in [0.25, 0.3) is 0 Å². The molecule has 0 aromatic carbocycles. The number of nitrogens with two attached hydrogens (primary N) is 1. The van der Waals surface area contributed by atoms with Gasteiger partial charge in [0, 0.05) is 24.4 Å². The van der Waals surface area contributed by atoms with Gasteiger partial charge in [0.2, 0.25) is 0 Å². The molecule has 6 heteroatoms. The minimum atomic E-state index is -1.25. The molecule has 60 valence electrons. The minimum Gasteiger partial charge on any atom is -0.548 e. The summed E-state index contributed by atoms with van der Waals surface area (Å²) in [5.41, 5.74) is 5.89. The molecule has 0 bridgehead atoms. The Bertz CT molecular complexity index is 237. The van der Waals surface area contributed by atoms with Crippen molar-refractivity contribution in [3.63, 3.8) is 0 Å². The molecular weight excluding hydrogens is 279 g/mol. The molecule has 1 aromatic rings. The van der Waals surface area contributed by atoms with Crippen molar-refractivity contribution in [1.82, 2.24) is 9.97 Å². The van der Waals surface area contributed by atoms with Crippen LogP contribution < -0.4 is 79.7 Å². The number of carboxylic acid groups (broad SMARTS) is 1. The molecule has 1 rings (SSSR count). The molecule has 3 N–H and O–H groups in total. The van der Waals surface area contributed by atoms with Gasteiger partial charge < -0.3 is 20.6 Å². The number of imidazole rings is 1. The number of aromatic amines is 1. The van der Waals surface area contributed by atoms with E-state index < -0.39 is 12.0 Å². The van der Waals surface area contributed by atoms with Gasteiger partial charge in [-0.15, -0.1) is 0 Å². The molecule has 0 radical (unpaired) electrons. The number of carbonyl (C=O) groups excluding carboxylic acids is 1. The van der Waals surface area contributed by atoms with Crippen LogP contribution in [0.3, 0.4) is 0 Å². The minimum absolute atomic E-state index is 0. The standard InChI is InChI=1S/C6H9N3O2.Cs/c7-5(6(10)11)1-4-2-8-3-9-4;/h2-3,5H,1,7H2,(H,8,9)(H,10,11);/q;+1/p-1/t5-;/m0./s1. The molecule has 0 amide bonds. The Labute approximate surface area is 129 Å². The second-order valence-electron chi connectivity index (χ2n) is 2.21. The zero-order valence-corrected chi connectivity index (χ0v) is 13.1. The van der Waals surface area contributed by atoms with Gasteiger partial charge >= 0.3 is 68.9 Å². The SMILES string of the molecule is N[C@@H](Cc1cnc[nH]1)C(=O)[O-].[Cs+]. The maximum Gasteiger partial charge on any atom is 1.00 e. The van der Waals surface area contributed by atoms with Gasteiger partial charge in [-0.25, -0.2) is 4.98 Å². The quantitative estimate of drug-likeness (QED) is 0.582. The van der Waals surface area contributed by atoms with Gasteiger partial charge in [-0.1, -0.05) is 0 Å². The van der Waals surface area contributed by atoms with Gasteiger partial charge in [0.25, 0.3) is 0 Å². The Hall–Kier alpha value is 0.692. The zero-order chi connectivity index (χ0) is 8.27. The number of H-pyrrole nitrogens is 1. The summed E-state index contributed by atoms with van der Waals surface area (Å²) in [7, 11) is 0. The van der Waals surface area contributed by atoms with Gasteiger partial charge in [0.1, 0.15) is 0 Å². The van der Waals surface area contributed by atoms with E-state index in [0.29, 0.717) is 5.69 Å². The van der Waals surface area contributed by atoms with Crippen LogP contribution in [0.5, 0.6) is 0 Å². The number of nitrogens with zero attached hydrogens (tertiary/aromatic N) is 1. The maximum atomic E-state index is 10.2. The summed E-state index contributed by atoms with van der Waals surface area (Å²) in [6, 6.07) is -0.963. The number of carboxylic acids is 1. The first-order valence-electron chi connectivity index (χ1n) is 3.14. The number of aromatic nitrogens is 2. The fourth-order valence-corrected chi connectivity index (χ4v) is 0.717. The van der Waals surface area contributed by atoms with Gasteiger partial charge in [-0.05, 0) is 0 Å². The second kappa shape index (κ2) is 6.19. The van der Waals surface area contributed by atoms with Crippen LogP contribution in [-0.4, -0.2) is 22.0 Å². The van der Waals surface area contributed by atoms with Crippen molar-refractivity contribution in [1.29, 1.82) is 0 Å². The van der Waals surface area contributed by atoms with Crippen LogP contribution in [0.2, 0.25) is 0 Å². The molecule has 0 unspecified atom stereocenters. The summed E-state index contributed by atoms with van der Waals surface area (Å²) in [4.78, 5) is 16.6. The van der Waals surface area contributed by atoms with Gasteiger partial charge in [0.15, 0.2) is 0 Å². The average molecular weight is 287 g/mol. The fourth-order valence-electron chi connectivity index (χ4n) is 0.717. The first kappa shape index (κ1) is 12.7. The molecule has 0 fully saturated rings. The van der Waals surface area contributed by atoms with Crippen molar-refractivity contribution in [2.24, 2.45) is 5.73 Å². The molecule has 1 heterocycles. The molecule has 0 aliphatic heterocycles. The fraction of sp³-hybridized carbons (Fsp3) is 0.333. The Kier molecular flexibility index (Phi) is 6.55. The maximum absolute atomic E-state index is 10.2. The number of nitrogens with one attached hydrogen (secondary N) is 1. The largest absolute Gasteiger partial charge is 1.00 e. The summed E-state index contributed by atoms with van der Waals surface area (Å²) in [6.07, 6.45) is 3.22. The van der Waals surface area contributed by atoms with Crippen LogP contribution >= 0.6 is 0 Å². The van der Waals surface area contributed by atoms with Gasteiger partial charge in [-0.3, -0.25) is 0 Å². The molecule has 0 spiro atoms. The van der Waals surface area contributed by atoms with E-state index in [0.717, 1.165) is 0 Å². The van der Waals surface area contributed by atoms with Crippen LogP contribution in [0.4, 0.5) is 0 Å². The van der Waals surface area contributed by atoms with Crippen molar-refractivity contribution in [3.05, 3.63) is 18.2 Å². The predicted molar refractivity (Wildman–Crippen MR) is 35.3 cm³/mol. The van der Waals surface area contributed by atoms with Crippen LogP contribution in [0.15, 0.2) is 12.5 Å². The van der Waals surface area contributed by atoms with Crippen molar-refractivity contribution in [3.8, 4) is 0 Å². The molecule has 0 aliphatic rings. The molecule has 0 aliphatic carbocycles. The Morgan fingerprint density at radius 3 is 2.92 bits per heavy atom. The number of carbonyl (C=O) groups is 1. The average Bonchev–Trinajstić information content (AvgIpc) is 2.39. The molecule has 5 nitrogen and oxygen atoms in total. The molecule has 12 heavy (non-hydrogen) atoms. The molecule has 0 saturated carbocycles. The normalized spacial score (nSPS) is 11.8. The molecule has 0 saturated heterocycles. The van der Waals surface area contributed by atoms with Crippen LogP contribution in [0, 0.1) is 0 Å². The van der Waals surface area contributed by atoms with Gasteiger partial charge in [0.05, 0.1) is 12.3 Å². The van der Waals surface area contributed by atoms with Crippen molar-refractivity contribution < 1.29 is 78.8 Å². The van der Waals surface area contributed by atoms with Crippen LogP contribution in [-0.2, 0) is 11.2 Å². The van der Waals surface area contributed by atoms with E-state index in [9.17, 15) is 9.90 Å². The Morgan fingerprint density at radius 1 is 1.83 bits per heavy atom. The number of hydrogen-bond acceptors (Lipinski definition) is 4. The van der Waals surface area contributed by atoms with Crippen molar-refractivity contribution in [2.75, 3.05) is 0 Å². The van der Waals surface area contributed by atoms with E-state index in [4.69, 9.17) is 5.73 Å². The smallest absolute Gasteiger partial charge is 0.548 e. The zero-order valence-electron chi connectivity index (χ0n) is 6.78. The molecule has 1 aromatic heterocycles. The van der Waals surface area contributed by atoms with E-state index in [1.165, 1.54) is 12.5 Å². The monoisotopic (exact) mass is 287 g/mol. The van der Waals surface area contributed by atoms with Crippen molar-refractivity contribution in [2.45, 2.75) is 12.5 Å². The summed E-state index contributed by atoms with van der Waals surface area (Å²) in [5.74, 6) is -1.25. The third-order valence-corrected chi connectivity index (χ3v) is 1.30. The predicted octanol–water partition coefficient (Wildman–Crippen LogP) is -4.97. The topological polar surface area (TPSA) is 94.8 Å². The Balaban J connectivity index is 0.00000121. The second-order valence-corrected chi connectivity index (χ2v) is 2.21. The number of hydrogen-bond donors (Lipinski definition) is 2. The first-order chi connectivity index (χ1) is 5.20. The summed E-state index contributed by atoms with van der Waals surface area (Å²) in [5, 5.41) is 10.2. The van der Waals surface area contributed by atoms with E-state index in [-0.39, 0.29) is 75.3 Å². The van der Waals surface area contributed by atoms with Crippen LogP contribution in [0.1, 0.15) is 5.69 Å². The third kappa shape index (κ3) is 4.08. The number of aliphatic carboxylic acids is 1. The first-order valence-corrected chi connectivity index (χ1v) is 3.14. The Morgan fingerprint density at radius 2 is 2.50 bits per heavy atom. The van der Waals surface area contributed by atoms with E-state index in [2.05, 4.69) is 9.97 Å².